The van der Waals surface area contributed by atoms with Gasteiger partial charge in [0, 0.05) is 6.04 Å². The van der Waals surface area contributed by atoms with Gasteiger partial charge in [0.05, 0.1) is 0 Å². The van der Waals surface area contributed by atoms with Gasteiger partial charge in [-0.05, 0) is 38.0 Å². The van der Waals surface area contributed by atoms with Gasteiger partial charge in [-0.15, -0.1) is 0 Å². The Bertz CT molecular complexity index is 366. The largest absolute Gasteiger partial charge is 0.342 e. The minimum Gasteiger partial charge on any atom is -0.342 e. The van der Waals surface area contributed by atoms with E-state index in [1.807, 2.05) is 4.90 Å². The Morgan fingerprint density at radius 3 is 2.10 bits per heavy atom. The Labute approximate surface area is 129 Å². The van der Waals surface area contributed by atoms with Gasteiger partial charge in [-0.3, -0.25) is 9.59 Å². The molecule has 0 aromatic rings. The van der Waals surface area contributed by atoms with Crippen molar-refractivity contribution < 1.29 is 9.59 Å². The molecule has 122 valence electrons. The van der Waals surface area contributed by atoms with E-state index < -0.39 is 0 Å². The minimum atomic E-state index is -0.347. The standard InChI is InChI=1S/C17H32N2O2/c1-7-8-13(6)19-15(10-12(4)5)16(20)18-14(17(19)21)9-11(2)3/h11-15H,7-10H2,1-6H3,(H,18,20). The van der Waals surface area contributed by atoms with Crippen LogP contribution in [0.15, 0.2) is 0 Å². The molecule has 0 aromatic heterocycles. The van der Waals surface area contributed by atoms with Gasteiger partial charge in [-0.2, -0.15) is 0 Å². The van der Waals surface area contributed by atoms with E-state index in [1.165, 1.54) is 0 Å². The van der Waals surface area contributed by atoms with E-state index in [4.69, 9.17) is 0 Å². The second-order valence-electron chi connectivity index (χ2n) is 7.22. The summed E-state index contributed by atoms with van der Waals surface area (Å²) in [4.78, 5) is 27.2. The predicted molar refractivity (Wildman–Crippen MR) is 85.8 cm³/mol. The fraction of sp³-hybridized carbons (Fsp3) is 0.882. The summed E-state index contributed by atoms with van der Waals surface area (Å²) in [5.41, 5.74) is 0. The van der Waals surface area contributed by atoms with Gasteiger partial charge < -0.3 is 10.2 Å². The molecular weight excluding hydrogens is 264 g/mol. The van der Waals surface area contributed by atoms with Crippen LogP contribution in [-0.4, -0.2) is 34.8 Å². The van der Waals surface area contributed by atoms with Crippen molar-refractivity contribution in [3.05, 3.63) is 0 Å². The van der Waals surface area contributed by atoms with Gasteiger partial charge in [0.2, 0.25) is 11.8 Å². The zero-order valence-electron chi connectivity index (χ0n) is 14.5. The zero-order chi connectivity index (χ0) is 16.2. The van der Waals surface area contributed by atoms with Crippen LogP contribution in [0.5, 0.6) is 0 Å². The number of amides is 2. The van der Waals surface area contributed by atoms with E-state index in [9.17, 15) is 9.59 Å². The van der Waals surface area contributed by atoms with Crippen molar-refractivity contribution in [2.24, 2.45) is 11.8 Å². The van der Waals surface area contributed by atoms with E-state index in [0.29, 0.717) is 18.3 Å². The number of hydrogen-bond acceptors (Lipinski definition) is 2. The third-order valence-corrected chi connectivity index (χ3v) is 4.09. The molecule has 0 saturated carbocycles. The maximum atomic E-state index is 12.8. The lowest BCUT2D eigenvalue weighted by Gasteiger charge is -2.43. The maximum Gasteiger partial charge on any atom is 0.246 e. The van der Waals surface area contributed by atoms with Crippen molar-refractivity contribution in [3.8, 4) is 0 Å². The van der Waals surface area contributed by atoms with E-state index in [-0.39, 0.29) is 29.9 Å². The molecule has 1 fully saturated rings. The molecule has 0 aliphatic carbocycles. The van der Waals surface area contributed by atoms with Gasteiger partial charge in [-0.25, -0.2) is 0 Å². The summed E-state index contributed by atoms with van der Waals surface area (Å²) in [5, 5.41) is 2.95. The fourth-order valence-electron chi connectivity index (χ4n) is 3.17. The Balaban J connectivity index is 2.98. The monoisotopic (exact) mass is 296 g/mol. The van der Waals surface area contributed by atoms with Crippen molar-refractivity contribution in [1.82, 2.24) is 10.2 Å². The SMILES string of the molecule is CCCC(C)N1C(=O)C(CC(C)C)NC(=O)C1CC(C)C. The molecule has 2 amide bonds. The number of piperazine rings is 1. The Hall–Kier alpha value is -1.06. The average Bonchev–Trinajstić information content (AvgIpc) is 2.34. The van der Waals surface area contributed by atoms with Gasteiger partial charge in [0.15, 0.2) is 0 Å². The normalized spacial score (nSPS) is 24.7. The number of nitrogens with zero attached hydrogens (tertiary/aromatic N) is 1. The highest BCUT2D eigenvalue weighted by Gasteiger charge is 2.42. The number of rotatable bonds is 7. The van der Waals surface area contributed by atoms with Crippen LogP contribution in [0.3, 0.4) is 0 Å². The summed E-state index contributed by atoms with van der Waals surface area (Å²) in [5.74, 6) is 0.919. The number of hydrogen-bond donors (Lipinski definition) is 1. The lowest BCUT2D eigenvalue weighted by molar-refractivity contribution is -0.153. The third kappa shape index (κ3) is 4.72. The second kappa shape index (κ2) is 7.81. The van der Waals surface area contributed by atoms with Crippen molar-refractivity contribution >= 4 is 11.8 Å². The molecule has 0 aromatic carbocycles. The van der Waals surface area contributed by atoms with Crippen molar-refractivity contribution in [3.63, 3.8) is 0 Å². The first kappa shape index (κ1) is 18.0. The van der Waals surface area contributed by atoms with E-state index in [0.717, 1.165) is 19.3 Å². The molecule has 1 aliphatic heterocycles. The van der Waals surface area contributed by atoms with Crippen molar-refractivity contribution in [2.75, 3.05) is 0 Å². The minimum absolute atomic E-state index is 0.0249. The van der Waals surface area contributed by atoms with Crippen molar-refractivity contribution in [1.29, 1.82) is 0 Å². The zero-order valence-corrected chi connectivity index (χ0v) is 14.5. The molecule has 4 nitrogen and oxygen atoms in total. The van der Waals surface area contributed by atoms with E-state index in [1.54, 1.807) is 0 Å². The molecule has 4 heteroatoms. The Morgan fingerprint density at radius 1 is 1.05 bits per heavy atom. The first-order valence-electron chi connectivity index (χ1n) is 8.40. The Morgan fingerprint density at radius 2 is 1.62 bits per heavy atom. The Kier molecular flexibility index (Phi) is 6.69. The number of nitrogens with one attached hydrogen (secondary N) is 1. The average molecular weight is 296 g/mol. The molecule has 0 bridgehead atoms. The van der Waals surface area contributed by atoms with Crippen LogP contribution in [-0.2, 0) is 9.59 Å². The number of carbonyl (C=O) groups is 2. The maximum absolute atomic E-state index is 12.8. The highest BCUT2D eigenvalue weighted by Crippen LogP contribution is 2.24. The highest BCUT2D eigenvalue weighted by atomic mass is 16.2. The van der Waals surface area contributed by atoms with Gasteiger partial charge >= 0.3 is 0 Å². The van der Waals surface area contributed by atoms with Crippen LogP contribution in [0.25, 0.3) is 0 Å². The molecule has 1 saturated heterocycles. The van der Waals surface area contributed by atoms with E-state index >= 15 is 0 Å². The summed E-state index contributed by atoms with van der Waals surface area (Å²) in [7, 11) is 0. The van der Waals surface area contributed by atoms with Gasteiger partial charge in [0.1, 0.15) is 12.1 Å². The molecule has 1 heterocycles. The summed E-state index contributed by atoms with van der Waals surface area (Å²) in [6.45, 7) is 12.5. The van der Waals surface area contributed by atoms with Gasteiger partial charge in [-0.1, -0.05) is 41.0 Å². The molecule has 0 spiro atoms. The summed E-state index contributed by atoms with van der Waals surface area (Å²) in [6, 6.07) is -0.519. The van der Waals surface area contributed by atoms with Crippen molar-refractivity contribution in [2.45, 2.75) is 85.4 Å². The number of carbonyl (C=O) groups excluding carboxylic acids is 2. The van der Waals surface area contributed by atoms with Gasteiger partial charge in [0.25, 0.3) is 0 Å². The lowest BCUT2D eigenvalue weighted by atomic mass is 9.92. The first-order valence-corrected chi connectivity index (χ1v) is 8.40. The summed E-state index contributed by atoms with van der Waals surface area (Å²) >= 11 is 0. The first-order chi connectivity index (χ1) is 9.77. The fourth-order valence-corrected chi connectivity index (χ4v) is 3.17. The molecule has 1 aliphatic rings. The molecular formula is C17H32N2O2. The summed E-state index contributed by atoms with van der Waals surface area (Å²) < 4.78 is 0. The highest BCUT2D eigenvalue weighted by molar-refractivity contribution is 5.97. The smallest absolute Gasteiger partial charge is 0.246 e. The molecule has 0 radical (unpaired) electrons. The molecule has 1 N–H and O–H groups in total. The molecule has 3 atom stereocenters. The molecule has 1 rings (SSSR count). The predicted octanol–water partition coefficient (Wildman–Crippen LogP) is 2.96. The van der Waals surface area contributed by atoms with Crippen LogP contribution in [0.2, 0.25) is 0 Å². The molecule has 3 unspecified atom stereocenters. The van der Waals surface area contributed by atoms with Crippen LogP contribution in [0.1, 0.15) is 67.2 Å². The quantitative estimate of drug-likeness (QED) is 0.785. The van der Waals surface area contributed by atoms with Crippen LogP contribution >= 0.6 is 0 Å². The lowest BCUT2D eigenvalue weighted by Crippen LogP contribution is -2.65. The second-order valence-corrected chi connectivity index (χ2v) is 7.22. The van der Waals surface area contributed by atoms with E-state index in [2.05, 4.69) is 46.9 Å². The van der Waals surface area contributed by atoms with Crippen LogP contribution in [0.4, 0.5) is 0 Å². The van der Waals surface area contributed by atoms with Crippen LogP contribution < -0.4 is 5.32 Å². The molecule has 21 heavy (non-hydrogen) atoms. The third-order valence-electron chi connectivity index (χ3n) is 4.09. The topological polar surface area (TPSA) is 49.4 Å². The summed E-state index contributed by atoms with van der Waals surface area (Å²) in [6.07, 6.45) is 3.42. The van der Waals surface area contributed by atoms with Crippen LogP contribution in [0, 0.1) is 11.8 Å².